The molecule has 1 rings (SSSR count). The maximum atomic E-state index is 12.3. The molecule has 1 heterocycles. The third kappa shape index (κ3) is 4.75. The van der Waals surface area contributed by atoms with Crippen molar-refractivity contribution in [1.82, 2.24) is 4.90 Å². The van der Waals surface area contributed by atoms with Crippen molar-refractivity contribution in [2.45, 2.75) is 38.8 Å². The number of aliphatic carboxylic acids is 1. The van der Waals surface area contributed by atoms with Crippen LogP contribution in [0.15, 0.2) is 0 Å². The SMILES string of the molecule is CC(C)CC(N)C(=O)N(CC(=O)O)C1CCS(=O)(=O)C1. The van der Waals surface area contributed by atoms with Gasteiger partial charge < -0.3 is 15.7 Å². The lowest BCUT2D eigenvalue weighted by molar-refractivity contribution is -0.146. The monoisotopic (exact) mass is 306 g/mol. The molecule has 0 bridgehead atoms. The molecular formula is C12H22N2O5S. The third-order valence-corrected chi connectivity index (χ3v) is 5.03. The molecule has 116 valence electrons. The van der Waals surface area contributed by atoms with Gasteiger partial charge in [-0.15, -0.1) is 0 Å². The Hall–Kier alpha value is -1.15. The van der Waals surface area contributed by atoms with Gasteiger partial charge in [0.05, 0.1) is 17.5 Å². The Morgan fingerprint density at radius 2 is 2.00 bits per heavy atom. The van der Waals surface area contributed by atoms with E-state index in [1.807, 2.05) is 13.8 Å². The number of carbonyl (C=O) groups is 2. The van der Waals surface area contributed by atoms with Gasteiger partial charge >= 0.3 is 5.97 Å². The van der Waals surface area contributed by atoms with Gasteiger partial charge in [-0.05, 0) is 18.8 Å². The Morgan fingerprint density at radius 1 is 1.40 bits per heavy atom. The van der Waals surface area contributed by atoms with E-state index in [1.54, 1.807) is 0 Å². The summed E-state index contributed by atoms with van der Waals surface area (Å²) >= 11 is 0. The lowest BCUT2D eigenvalue weighted by Gasteiger charge is -2.29. The molecule has 0 aromatic carbocycles. The topological polar surface area (TPSA) is 118 Å². The molecule has 2 unspecified atom stereocenters. The van der Waals surface area contributed by atoms with E-state index < -0.39 is 40.3 Å². The fraction of sp³-hybridized carbons (Fsp3) is 0.833. The first-order chi connectivity index (χ1) is 9.12. The number of hydrogen-bond acceptors (Lipinski definition) is 5. The summed E-state index contributed by atoms with van der Waals surface area (Å²) in [7, 11) is -3.19. The van der Waals surface area contributed by atoms with Gasteiger partial charge in [0.2, 0.25) is 5.91 Å². The first-order valence-electron chi connectivity index (χ1n) is 6.60. The van der Waals surface area contributed by atoms with Crippen LogP contribution in [-0.2, 0) is 19.4 Å². The Labute approximate surface area is 119 Å². The summed E-state index contributed by atoms with van der Waals surface area (Å²) < 4.78 is 23.0. The van der Waals surface area contributed by atoms with Crippen molar-refractivity contribution in [3.05, 3.63) is 0 Å². The number of sulfone groups is 1. The smallest absolute Gasteiger partial charge is 0.323 e. The number of carbonyl (C=O) groups excluding carboxylic acids is 1. The summed E-state index contributed by atoms with van der Waals surface area (Å²) in [4.78, 5) is 24.3. The zero-order valence-electron chi connectivity index (χ0n) is 11.8. The number of nitrogens with two attached hydrogens (primary N) is 1. The Kier molecular flexibility index (Phi) is 5.52. The molecule has 8 heteroatoms. The second-order valence-corrected chi connectivity index (χ2v) is 7.88. The van der Waals surface area contributed by atoms with Crippen LogP contribution < -0.4 is 5.73 Å². The fourth-order valence-corrected chi connectivity index (χ4v) is 4.11. The molecule has 1 aliphatic heterocycles. The molecule has 1 aliphatic rings. The molecule has 0 aromatic rings. The van der Waals surface area contributed by atoms with Gasteiger partial charge in [0.15, 0.2) is 9.84 Å². The zero-order chi connectivity index (χ0) is 15.5. The lowest BCUT2D eigenvalue weighted by atomic mass is 10.0. The highest BCUT2D eigenvalue weighted by molar-refractivity contribution is 7.91. The zero-order valence-corrected chi connectivity index (χ0v) is 12.6. The van der Waals surface area contributed by atoms with Crippen LogP contribution in [0.4, 0.5) is 0 Å². The van der Waals surface area contributed by atoms with Crippen molar-refractivity contribution in [1.29, 1.82) is 0 Å². The van der Waals surface area contributed by atoms with Crippen molar-refractivity contribution in [3.8, 4) is 0 Å². The molecule has 0 saturated carbocycles. The Balaban J connectivity index is 2.84. The van der Waals surface area contributed by atoms with Crippen molar-refractivity contribution in [2.75, 3.05) is 18.1 Å². The van der Waals surface area contributed by atoms with Crippen molar-refractivity contribution in [3.63, 3.8) is 0 Å². The van der Waals surface area contributed by atoms with Crippen LogP contribution in [-0.4, -0.2) is 60.4 Å². The van der Waals surface area contributed by atoms with E-state index in [0.29, 0.717) is 6.42 Å². The minimum absolute atomic E-state index is 0.0134. The summed E-state index contributed by atoms with van der Waals surface area (Å²) in [6, 6.07) is -1.38. The molecule has 0 aliphatic carbocycles. The van der Waals surface area contributed by atoms with Crippen LogP contribution in [0.25, 0.3) is 0 Å². The van der Waals surface area contributed by atoms with E-state index >= 15 is 0 Å². The summed E-state index contributed by atoms with van der Waals surface area (Å²) in [6.45, 7) is 3.31. The summed E-state index contributed by atoms with van der Waals surface area (Å²) in [6.07, 6.45) is 0.712. The van der Waals surface area contributed by atoms with Gasteiger partial charge in [-0.25, -0.2) is 8.42 Å². The average Bonchev–Trinajstić information content (AvgIpc) is 2.64. The Morgan fingerprint density at radius 3 is 2.40 bits per heavy atom. The minimum atomic E-state index is -3.19. The quantitative estimate of drug-likeness (QED) is 0.680. The average molecular weight is 306 g/mol. The van der Waals surface area contributed by atoms with Crippen LogP contribution in [0.3, 0.4) is 0 Å². The number of carboxylic acid groups (broad SMARTS) is 1. The normalized spacial score (nSPS) is 22.7. The van der Waals surface area contributed by atoms with Crippen molar-refractivity contribution >= 4 is 21.7 Å². The van der Waals surface area contributed by atoms with E-state index in [-0.39, 0.29) is 23.8 Å². The largest absolute Gasteiger partial charge is 0.480 e. The van der Waals surface area contributed by atoms with Crippen LogP contribution in [0.2, 0.25) is 0 Å². The van der Waals surface area contributed by atoms with Crippen LogP contribution >= 0.6 is 0 Å². The van der Waals surface area contributed by atoms with Gasteiger partial charge in [-0.1, -0.05) is 13.8 Å². The molecule has 0 spiro atoms. The molecule has 3 N–H and O–H groups in total. The molecule has 20 heavy (non-hydrogen) atoms. The van der Waals surface area contributed by atoms with Crippen molar-refractivity contribution < 1.29 is 23.1 Å². The summed E-state index contributed by atoms with van der Waals surface area (Å²) in [5.74, 6) is -1.64. The highest BCUT2D eigenvalue weighted by Crippen LogP contribution is 2.19. The molecular weight excluding hydrogens is 284 g/mol. The van der Waals surface area contributed by atoms with Crippen LogP contribution in [0.5, 0.6) is 0 Å². The lowest BCUT2D eigenvalue weighted by Crippen LogP contribution is -2.51. The summed E-state index contributed by atoms with van der Waals surface area (Å²) in [5, 5.41) is 8.90. The van der Waals surface area contributed by atoms with E-state index in [0.717, 1.165) is 4.90 Å². The van der Waals surface area contributed by atoms with Gasteiger partial charge in [0.25, 0.3) is 0 Å². The minimum Gasteiger partial charge on any atom is -0.480 e. The first kappa shape index (κ1) is 16.9. The number of carboxylic acids is 1. The maximum Gasteiger partial charge on any atom is 0.323 e. The predicted octanol–water partition coefficient (Wildman–Crippen LogP) is -0.540. The maximum absolute atomic E-state index is 12.3. The standard InChI is InChI=1S/C12H22N2O5S/c1-8(2)5-10(13)12(17)14(6-11(15)16)9-3-4-20(18,19)7-9/h8-10H,3-7,13H2,1-2H3,(H,15,16). The van der Waals surface area contributed by atoms with E-state index in [2.05, 4.69) is 0 Å². The summed E-state index contributed by atoms with van der Waals surface area (Å²) in [5.41, 5.74) is 5.80. The molecule has 0 aromatic heterocycles. The van der Waals surface area contributed by atoms with Gasteiger partial charge in [0.1, 0.15) is 6.54 Å². The van der Waals surface area contributed by atoms with Crippen LogP contribution in [0, 0.1) is 5.92 Å². The van der Waals surface area contributed by atoms with Crippen LogP contribution in [0.1, 0.15) is 26.7 Å². The van der Waals surface area contributed by atoms with Gasteiger partial charge in [-0.3, -0.25) is 9.59 Å². The predicted molar refractivity (Wildman–Crippen MR) is 73.8 cm³/mol. The molecule has 2 atom stereocenters. The third-order valence-electron chi connectivity index (χ3n) is 3.28. The molecule has 1 amide bonds. The van der Waals surface area contributed by atoms with E-state index in [1.165, 1.54) is 0 Å². The number of rotatable bonds is 6. The Bertz CT molecular complexity index is 474. The molecule has 7 nitrogen and oxygen atoms in total. The highest BCUT2D eigenvalue weighted by atomic mass is 32.2. The highest BCUT2D eigenvalue weighted by Gasteiger charge is 2.37. The van der Waals surface area contributed by atoms with E-state index in [4.69, 9.17) is 10.8 Å². The number of nitrogens with zero attached hydrogens (tertiary/aromatic N) is 1. The second-order valence-electron chi connectivity index (χ2n) is 5.65. The van der Waals surface area contributed by atoms with Gasteiger partial charge in [0, 0.05) is 6.04 Å². The van der Waals surface area contributed by atoms with Gasteiger partial charge in [-0.2, -0.15) is 0 Å². The fourth-order valence-electron chi connectivity index (χ4n) is 2.38. The first-order valence-corrected chi connectivity index (χ1v) is 8.43. The molecule has 1 saturated heterocycles. The van der Waals surface area contributed by atoms with Crippen molar-refractivity contribution in [2.24, 2.45) is 11.7 Å². The second kappa shape index (κ2) is 6.53. The van der Waals surface area contributed by atoms with E-state index in [9.17, 15) is 18.0 Å². The number of hydrogen-bond donors (Lipinski definition) is 2. The molecule has 0 radical (unpaired) electrons. The number of amides is 1. The molecule has 1 fully saturated rings.